The molecule has 1 saturated carbocycles. The van der Waals surface area contributed by atoms with Crippen molar-refractivity contribution in [3.8, 4) is 0 Å². The van der Waals surface area contributed by atoms with Crippen LogP contribution in [-0.2, 0) is 9.53 Å². The van der Waals surface area contributed by atoms with Crippen LogP contribution in [0.4, 0.5) is 0 Å². The average Bonchev–Trinajstić information content (AvgIpc) is 1.85. The van der Waals surface area contributed by atoms with Gasteiger partial charge in [0, 0.05) is 0 Å². The molecule has 0 N–H and O–H groups in total. The summed E-state index contributed by atoms with van der Waals surface area (Å²) < 4.78 is 4.82. The minimum Gasteiger partial charge on any atom is -0.466 e. The predicted molar refractivity (Wildman–Crippen MR) is 38.5 cm³/mol. The average molecular weight is 140 g/mol. The molecule has 0 aliphatic heterocycles. The zero-order valence-corrected chi connectivity index (χ0v) is 6.22. The van der Waals surface area contributed by atoms with Crippen LogP contribution in [0.5, 0.6) is 0 Å². The van der Waals surface area contributed by atoms with E-state index in [-0.39, 0.29) is 11.9 Å². The first-order chi connectivity index (χ1) is 4.75. The van der Waals surface area contributed by atoms with E-state index in [2.05, 4.69) is 6.58 Å². The highest BCUT2D eigenvalue weighted by molar-refractivity contribution is 5.77. The summed E-state index contributed by atoms with van der Waals surface area (Å²) in [5, 5.41) is 0. The quantitative estimate of drug-likeness (QED) is 0.429. The van der Waals surface area contributed by atoms with Gasteiger partial charge in [0.05, 0.1) is 12.5 Å². The predicted octanol–water partition coefficient (Wildman–Crippen LogP) is 1.52. The first-order valence-corrected chi connectivity index (χ1v) is 3.60. The largest absolute Gasteiger partial charge is 0.466 e. The Bertz CT molecular complexity index is 161. The Hall–Kier alpha value is -0.790. The molecule has 56 valence electrons. The maximum atomic E-state index is 11.0. The standard InChI is InChI=1S/C8H12O2/c1-3-10-8(9)7-5-4-6(7)2/h7H,2-5H2,1H3. The maximum Gasteiger partial charge on any atom is 0.313 e. The summed E-state index contributed by atoms with van der Waals surface area (Å²) >= 11 is 0. The number of esters is 1. The van der Waals surface area contributed by atoms with E-state index in [9.17, 15) is 4.79 Å². The minimum absolute atomic E-state index is 0.0138. The van der Waals surface area contributed by atoms with E-state index in [0.29, 0.717) is 6.61 Å². The number of carbonyl (C=O) groups excluding carboxylic acids is 1. The van der Waals surface area contributed by atoms with Crippen LogP contribution in [0.3, 0.4) is 0 Å². The lowest BCUT2D eigenvalue weighted by Crippen LogP contribution is -2.26. The summed E-state index contributed by atoms with van der Waals surface area (Å²) in [5.41, 5.74) is 1.03. The molecule has 1 rings (SSSR count). The molecular formula is C8H12O2. The molecule has 1 fully saturated rings. The fourth-order valence-corrected chi connectivity index (χ4v) is 1.02. The van der Waals surface area contributed by atoms with Gasteiger partial charge < -0.3 is 4.74 Å². The van der Waals surface area contributed by atoms with Gasteiger partial charge >= 0.3 is 5.97 Å². The Morgan fingerprint density at radius 1 is 1.90 bits per heavy atom. The third-order valence-electron chi connectivity index (χ3n) is 1.82. The normalized spacial score (nSPS) is 23.7. The second kappa shape index (κ2) is 2.86. The van der Waals surface area contributed by atoms with Gasteiger partial charge in [0.15, 0.2) is 0 Å². The monoisotopic (exact) mass is 140 g/mol. The summed E-state index contributed by atoms with van der Waals surface area (Å²) in [6, 6.07) is 0. The lowest BCUT2D eigenvalue weighted by Gasteiger charge is -2.26. The van der Waals surface area contributed by atoms with Crippen LogP contribution in [0.15, 0.2) is 12.2 Å². The van der Waals surface area contributed by atoms with Crippen LogP contribution < -0.4 is 0 Å². The number of carbonyl (C=O) groups is 1. The van der Waals surface area contributed by atoms with Crippen molar-refractivity contribution in [2.45, 2.75) is 19.8 Å². The van der Waals surface area contributed by atoms with Crippen molar-refractivity contribution in [1.29, 1.82) is 0 Å². The van der Waals surface area contributed by atoms with Crippen LogP contribution in [-0.4, -0.2) is 12.6 Å². The molecule has 0 aromatic rings. The molecule has 2 nitrogen and oxygen atoms in total. The molecule has 0 radical (unpaired) electrons. The Morgan fingerprint density at radius 2 is 2.60 bits per heavy atom. The van der Waals surface area contributed by atoms with Gasteiger partial charge in [-0.2, -0.15) is 0 Å². The van der Waals surface area contributed by atoms with Crippen molar-refractivity contribution in [2.75, 3.05) is 6.61 Å². The van der Waals surface area contributed by atoms with Crippen LogP contribution in [0, 0.1) is 5.92 Å². The minimum atomic E-state index is -0.0984. The Balaban J connectivity index is 2.34. The summed E-state index contributed by atoms with van der Waals surface area (Å²) in [6.45, 7) is 6.04. The Kier molecular flexibility index (Phi) is 2.10. The zero-order valence-electron chi connectivity index (χ0n) is 6.22. The summed E-state index contributed by atoms with van der Waals surface area (Å²) in [7, 11) is 0. The lowest BCUT2D eigenvalue weighted by atomic mass is 9.81. The first-order valence-electron chi connectivity index (χ1n) is 3.60. The van der Waals surface area contributed by atoms with Crippen molar-refractivity contribution in [3.63, 3.8) is 0 Å². The van der Waals surface area contributed by atoms with Gasteiger partial charge in [-0.3, -0.25) is 4.79 Å². The zero-order chi connectivity index (χ0) is 7.56. The molecule has 1 aliphatic carbocycles. The number of hydrogen-bond donors (Lipinski definition) is 0. The van der Waals surface area contributed by atoms with Gasteiger partial charge in [0.2, 0.25) is 0 Å². The van der Waals surface area contributed by atoms with E-state index >= 15 is 0 Å². The number of ether oxygens (including phenoxy) is 1. The van der Waals surface area contributed by atoms with E-state index in [4.69, 9.17) is 4.74 Å². The molecular weight excluding hydrogens is 128 g/mol. The molecule has 10 heavy (non-hydrogen) atoms. The number of rotatable bonds is 2. The van der Waals surface area contributed by atoms with Crippen LogP contribution >= 0.6 is 0 Å². The molecule has 1 aliphatic rings. The summed E-state index contributed by atoms with van der Waals surface area (Å²) in [5.74, 6) is -0.0845. The number of hydrogen-bond acceptors (Lipinski definition) is 2. The molecule has 0 aromatic carbocycles. The second-order valence-corrected chi connectivity index (χ2v) is 2.50. The third kappa shape index (κ3) is 1.20. The van der Waals surface area contributed by atoms with Gasteiger partial charge in [-0.05, 0) is 19.8 Å². The van der Waals surface area contributed by atoms with Crippen molar-refractivity contribution < 1.29 is 9.53 Å². The highest BCUT2D eigenvalue weighted by Crippen LogP contribution is 2.32. The maximum absolute atomic E-state index is 11.0. The second-order valence-electron chi connectivity index (χ2n) is 2.50. The van der Waals surface area contributed by atoms with Crippen molar-refractivity contribution in [3.05, 3.63) is 12.2 Å². The van der Waals surface area contributed by atoms with E-state index in [1.165, 1.54) is 0 Å². The van der Waals surface area contributed by atoms with Crippen LogP contribution in [0.1, 0.15) is 19.8 Å². The van der Waals surface area contributed by atoms with E-state index in [1.54, 1.807) is 0 Å². The Labute approximate surface area is 60.9 Å². The SMILES string of the molecule is C=C1CCC1C(=O)OCC. The van der Waals surface area contributed by atoms with Crippen molar-refractivity contribution >= 4 is 5.97 Å². The van der Waals surface area contributed by atoms with E-state index in [0.717, 1.165) is 18.4 Å². The summed E-state index contributed by atoms with van der Waals surface area (Å²) in [6.07, 6.45) is 1.92. The molecule has 0 spiro atoms. The molecule has 0 saturated heterocycles. The molecule has 0 bridgehead atoms. The fraction of sp³-hybridized carbons (Fsp3) is 0.625. The summed E-state index contributed by atoms with van der Waals surface area (Å²) in [4.78, 5) is 11.0. The van der Waals surface area contributed by atoms with E-state index < -0.39 is 0 Å². The van der Waals surface area contributed by atoms with Gasteiger partial charge in [0.25, 0.3) is 0 Å². The molecule has 0 aromatic heterocycles. The third-order valence-corrected chi connectivity index (χ3v) is 1.82. The Morgan fingerprint density at radius 3 is 2.90 bits per heavy atom. The van der Waals surface area contributed by atoms with Crippen LogP contribution in [0.2, 0.25) is 0 Å². The van der Waals surface area contributed by atoms with E-state index in [1.807, 2.05) is 6.92 Å². The molecule has 0 amide bonds. The topological polar surface area (TPSA) is 26.3 Å². The fourth-order valence-electron chi connectivity index (χ4n) is 1.02. The van der Waals surface area contributed by atoms with Gasteiger partial charge in [-0.25, -0.2) is 0 Å². The molecule has 1 atom stereocenters. The van der Waals surface area contributed by atoms with Crippen LogP contribution in [0.25, 0.3) is 0 Å². The van der Waals surface area contributed by atoms with Gasteiger partial charge in [-0.1, -0.05) is 12.2 Å². The first kappa shape index (κ1) is 7.32. The highest BCUT2D eigenvalue weighted by Gasteiger charge is 2.30. The molecule has 1 unspecified atom stereocenters. The van der Waals surface area contributed by atoms with Crippen molar-refractivity contribution in [2.24, 2.45) is 5.92 Å². The van der Waals surface area contributed by atoms with Gasteiger partial charge in [-0.15, -0.1) is 0 Å². The molecule has 0 heterocycles. The van der Waals surface area contributed by atoms with Crippen molar-refractivity contribution in [1.82, 2.24) is 0 Å². The highest BCUT2D eigenvalue weighted by atomic mass is 16.5. The molecule has 2 heteroatoms. The van der Waals surface area contributed by atoms with Gasteiger partial charge in [0.1, 0.15) is 0 Å². The smallest absolute Gasteiger partial charge is 0.313 e. The lowest BCUT2D eigenvalue weighted by molar-refractivity contribution is -0.148.